The molecule has 0 fully saturated rings. The third-order valence-corrected chi connectivity index (χ3v) is 4.29. The van der Waals surface area contributed by atoms with Gasteiger partial charge in [-0.15, -0.1) is 11.8 Å². The van der Waals surface area contributed by atoms with E-state index in [-0.39, 0.29) is 22.1 Å². The fourth-order valence-corrected chi connectivity index (χ4v) is 3.57. The standard InChI is InChI=1S/C17H26ClNOS/c1-12(21-14-9-7-13(18)8-10-14)15(20)19-17(5,6)11-16(2,3)4/h7-10,12H,11H2,1-6H3,(H,19,20). The number of benzene rings is 1. The second kappa shape index (κ2) is 7.06. The van der Waals surface area contributed by atoms with E-state index in [0.717, 1.165) is 11.3 Å². The van der Waals surface area contributed by atoms with Crippen molar-refractivity contribution in [3.63, 3.8) is 0 Å². The van der Waals surface area contributed by atoms with Crippen molar-refractivity contribution >= 4 is 29.3 Å². The SMILES string of the molecule is CC(Sc1ccc(Cl)cc1)C(=O)NC(C)(C)CC(C)(C)C. The highest BCUT2D eigenvalue weighted by molar-refractivity contribution is 8.00. The minimum atomic E-state index is -0.204. The summed E-state index contributed by atoms with van der Waals surface area (Å²) < 4.78 is 0. The van der Waals surface area contributed by atoms with Crippen molar-refractivity contribution in [2.75, 3.05) is 0 Å². The average molecular weight is 328 g/mol. The number of nitrogens with one attached hydrogen (secondary N) is 1. The molecule has 1 N–H and O–H groups in total. The average Bonchev–Trinajstić information content (AvgIpc) is 2.28. The Morgan fingerprint density at radius 3 is 2.19 bits per heavy atom. The van der Waals surface area contributed by atoms with E-state index in [1.165, 1.54) is 0 Å². The predicted molar refractivity (Wildman–Crippen MR) is 93.1 cm³/mol. The number of hydrogen-bond acceptors (Lipinski definition) is 2. The quantitative estimate of drug-likeness (QED) is 0.757. The van der Waals surface area contributed by atoms with Gasteiger partial charge in [0.1, 0.15) is 0 Å². The first-order valence-corrected chi connectivity index (χ1v) is 8.49. The number of amides is 1. The van der Waals surface area contributed by atoms with Crippen LogP contribution in [0.1, 0.15) is 48.0 Å². The van der Waals surface area contributed by atoms with E-state index < -0.39 is 0 Å². The summed E-state index contributed by atoms with van der Waals surface area (Å²) in [6, 6.07) is 7.57. The second-order valence-electron chi connectivity index (χ2n) is 7.32. The van der Waals surface area contributed by atoms with Gasteiger partial charge in [0.05, 0.1) is 5.25 Å². The number of hydrogen-bond donors (Lipinski definition) is 1. The lowest BCUT2D eigenvalue weighted by Crippen LogP contribution is -2.48. The Bertz CT molecular complexity index is 477. The van der Waals surface area contributed by atoms with Crippen molar-refractivity contribution in [1.82, 2.24) is 5.32 Å². The smallest absolute Gasteiger partial charge is 0.233 e. The van der Waals surface area contributed by atoms with Gasteiger partial charge >= 0.3 is 0 Å². The molecule has 0 aromatic heterocycles. The van der Waals surface area contributed by atoms with Gasteiger partial charge in [0, 0.05) is 15.5 Å². The summed E-state index contributed by atoms with van der Waals surface area (Å²) >= 11 is 7.42. The van der Waals surface area contributed by atoms with Crippen LogP contribution < -0.4 is 5.32 Å². The summed E-state index contributed by atoms with van der Waals surface area (Å²) in [6.07, 6.45) is 0.935. The van der Waals surface area contributed by atoms with Crippen LogP contribution in [0.5, 0.6) is 0 Å². The Labute approximate surface area is 138 Å². The van der Waals surface area contributed by atoms with Crippen LogP contribution in [-0.4, -0.2) is 16.7 Å². The summed E-state index contributed by atoms with van der Waals surface area (Å²) in [7, 11) is 0. The molecule has 0 aliphatic heterocycles. The van der Waals surface area contributed by atoms with Crippen LogP contribution in [0.15, 0.2) is 29.2 Å². The molecule has 1 aromatic carbocycles. The van der Waals surface area contributed by atoms with Crippen LogP contribution in [0.3, 0.4) is 0 Å². The Morgan fingerprint density at radius 2 is 1.71 bits per heavy atom. The Kier molecular flexibility index (Phi) is 6.18. The van der Waals surface area contributed by atoms with E-state index in [9.17, 15) is 4.79 Å². The molecule has 21 heavy (non-hydrogen) atoms. The van der Waals surface area contributed by atoms with E-state index in [4.69, 9.17) is 11.6 Å². The fourth-order valence-electron chi connectivity index (χ4n) is 2.58. The van der Waals surface area contributed by atoms with Crippen LogP contribution in [0.4, 0.5) is 0 Å². The second-order valence-corrected chi connectivity index (χ2v) is 9.18. The zero-order valence-electron chi connectivity index (χ0n) is 13.8. The van der Waals surface area contributed by atoms with Crippen molar-refractivity contribution in [2.24, 2.45) is 5.41 Å². The Balaban J connectivity index is 2.60. The predicted octanol–water partition coefficient (Wildman–Crippen LogP) is 5.15. The maximum atomic E-state index is 12.4. The number of carbonyl (C=O) groups excluding carboxylic acids is 1. The van der Waals surface area contributed by atoms with Gasteiger partial charge in [-0.1, -0.05) is 32.4 Å². The van der Waals surface area contributed by atoms with E-state index >= 15 is 0 Å². The Hall–Kier alpha value is -0.670. The van der Waals surface area contributed by atoms with Crippen LogP contribution in [0, 0.1) is 5.41 Å². The van der Waals surface area contributed by atoms with Gasteiger partial charge in [-0.05, 0) is 56.9 Å². The van der Waals surface area contributed by atoms with Gasteiger partial charge in [0.25, 0.3) is 0 Å². The maximum Gasteiger partial charge on any atom is 0.233 e. The van der Waals surface area contributed by atoms with Crippen molar-refractivity contribution < 1.29 is 4.79 Å². The van der Waals surface area contributed by atoms with Gasteiger partial charge in [-0.25, -0.2) is 0 Å². The van der Waals surface area contributed by atoms with Crippen LogP contribution >= 0.6 is 23.4 Å². The van der Waals surface area contributed by atoms with Gasteiger partial charge in [-0.3, -0.25) is 4.79 Å². The van der Waals surface area contributed by atoms with E-state index in [1.807, 2.05) is 31.2 Å². The fraction of sp³-hybridized carbons (Fsp3) is 0.588. The monoisotopic (exact) mass is 327 g/mol. The van der Waals surface area contributed by atoms with Gasteiger partial charge in [0.15, 0.2) is 0 Å². The number of halogens is 1. The molecule has 1 rings (SSSR count). The third-order valence-electron chi connectivity index (χ3n) is 2.93. The molecular weight excluding hydrogens is 302 g/mol. The minimum Gasteiger partial charge on any atom is -0.350 e. The van der Waals surface area contributed by atoms with Gasteiger partial charge < -0.3 is 5.32 Å². The number of rotatable bonds is 5. The summed E-state index contributed by atoms with van der Waals surface area (Å²) in [6.45, 7) is 12.7. The first kappa shape index (κ1) is 18.4. The first-order chi connectivity index (χ1) is 9.48. The molecule has 1 aromatic rings. The third kappa shape index (κ3) is 7.23. The van der Waals surface area contributed by atoms with Crippen molar-refractivity contribution in [3.05, 3.63) is 29.3 Å². The zero-order valence-corrected chi connectivity index (χ0v) is 15.4. The summed E-state index contributed by atoms with van der Waals surface area (Å²) in [5.74, 6) is 0.0733. The number of carbonyl (C=O) groups is 1. The van der Waals surface area contributed by atoms with Crippen molar-refractivity contribution in [3.8, 4) is 0 Å². The van der Waals surface area contributed by atoms with Gasteiger partial charge in [0.2, 0.25) is 5.91 Å². The Morgan fingerprint density at radius 1 is 1.19 bits per heavy atom. The van der Waals surface area contributed by atoms with Crippen LogP contribution in [0.2, 0.25) is 5.02 Å². The van der Waals surface area contributed by atoms with Gasteiger partial charge in [-0.2, -0.15) is 0 Å². The van der Waals surface area contributed by atoms with Crippen molar-refractivity contribution in [1.29, 1.82) is 0 Å². The molecule has 0 spiro atoms. The highest BCUT2D eigenvalue weighted by Crippen LogP contribution is 2.28. The molecule has 118 valence electrons. The minimum absolute atomic E-state index is 0.0733. The molecule has 0 saturated carbocycles. The molecular formula is C17H26ClNOS. The lowest BCUT2D eigenvalue weighted by Gasteiger charge is -2.34. The molecule has 2 nitrogen and oxygen atoms in total. The highest BCUT2D eigenvalue weighted by Gasteiger charge is 2.28. The van der Waals surface area contributed by atoms with Crippen LogP contribution in [-0.2, 0) is 4.79 Å². The lowest BCUT2D eigenvalue weighted by molar-refractivity contribution is -0.122. The molecule has 1 atom stereocenters. The molecule has 0 bridgehead atoms. The maximum absolute atomic E-state index is 12.4. The number of thioether (sulfide) groups is 1. The van der Waals surface area contributed by atoms with Crippen molar-refractivity contribution in [2.45, 2.75) is 63.6 Å². The van der Waals surface area contributed by atoms with E-state index in [0.29, 0.717) is 5.02 Å². The molecule has 0 aliphatic carbocycles. The molecule has 4 heteroatoms. The summed E-state index contributed by atoms with van der Waals surface area (Å²) in [5, 5.41) is 3.74. The molecule has 0 heterocycles. The van der Waals surface area contributed by atoms with E-state index in [1.54, 1.807) is 11.8 Å². The zero-order chi connectivity index (χ0) is 16.3. The molecule has 0 aliphatic rings. The first-order valence-electron chi connectivity index (χ1n) is 7.23. The summed E-state index contributed by atoms with van der Waals surface area (Å²) in [5.41, 5.74) is -0.0203. The van der Waals surface area contributed by atoms with Crippen LogP contribution in [0.25, 0.3) is 0 Å². The highest BCUT2D eigenvalue weighted by atomic mass is 35.5. The molecule has 0 radical (unpaired) electrons. The topological polar surface area (TPSA) is 29.1 Å². The molecule has 1 unspecified atom stereocenters. The molecule has 1 amide bonds. The largest absolute Gasteiger partial charge is 0.350 e. The molecule has 0 saturated heterocycles. The lowest BCUT2D eigenvalue weighted by atomic mass is 9.82. The normalized spacial score (nSPS) is 13.9. The van der Waals surface area contributed by atoms with E-state index in [2.05, 4.69) is 39.9 Å². The summed E-state index contributed by atoms with van der Waals surface area (Å²) in [4.78, 5) is 13.4.